The lowest BCUT2D eigenvalue weighted by atomic mass is 9.98. The summed E-state index contributed by atoms with van der Waals surface area (Å²) >= 11 is 0. The highest BCUT2D eigenvalue weighted by atomic mass is 32.2. The second-order valence-corrected chi connectivity index (χ2v) is 11.2. The van der Waals surface area contributed by atoms with Gasteiger partial charge in [-0.05, 0) is 75.9 Å². The van der Waals surface area contributed by atoms with Crippen LogP contribution in [0.4, 0.5) is 17.1 Å². The minimum Gasteiger partial charge on any atom is -0.482 e. The van der Waals surface area contributed by atoms with Crippen LogP contribution in [0.15, 0.2) is 35.2 Å². The van der Waals surface area contributed by atoms with Crippen LogP contribution in [-0.2, 0) is 19.6 Å². The summed E-state index contributed by atoms with van der Waals surface area (Å²) in [5.41, 5.74) is 3.77. The van der Waals surface area contributed by atoms with Gasteiger partial charge in [0.1, 0.15) is 5.75 Å². The van der Waals surface area contributed by atoms with Crippen LogP contribution >= 0.6 is 0 Å². The minimum atomic E-state index is -3.85. The first-order valence-electron chi connectivity index (χ1n) is 12.4. The first-order chi connectivity index (χ1) is 17.1. The summed E-state index contributed by atoms with van der Waals surface area (Å²) in [6.07, 6.45) is 1.21. The van der Waals surface area contributed by atoms with Crippen molar-refractivity contribution >= 4 is 38.9 Å². The molecule has 1 fully saturated rings. The molecule has 36 heavy (non-hydrogen) atoms. The molecule has 0 aliphatic carbocycles. The summed E-state index contributed by atoms with van der Waals surface area (Å²) in [6, 6.07) is 9.04. The van der Waals surface area contributed by atoms with Crippen LogP contribution in [0.2, 0.25) is 0 Å². The van der Waals surface area contributed by atoms with E-state index in [1.165, 1.54) is 10.4 Å². The third kappa shape index (κ3) is 5.19. The van der Waals surface area contributed by atoms with Crippen molar-refractivity contribution in [1.29, 1.82) is 0 Å². The van der Waals surface area contributed by atoms with Crippen LogP contribution in [0.3, 0.4) is 0 Å². The highest BCUT2D eigenvalue weighted by Crippen LogP contribution is 2.35. The number of aryl methyl sites for hydroxylation is 2. The zero-order chi connectivity index (χ0) is 26.0. The van der Waals surface area contributed by atoms with Crippen LogP contribution in [-0.4, -0.2) is 57.3 Å². The number of ether oxygens (including phenoxy) is 1. The summed E-state index contributed by atoms with van der Waals surface area (Å²) in [7, 11) is -3.85. The van der Waals surface area contributed by atoms with Gasteiger partial charge in [0, 0.05) is 43.6 Å². The Hall–Kier alpha value is -3.11. The van der Waals surface area contributed by atoms with Crippen molar-refractivity contribution in [2.24, 2.45) is 5.92 Å². The van der Waals surface area contributed by atoms with E-state index in [0.29, 0.717) is 36.4 Å². The zero-order valence-electron chi connectivity index (χ0n) is 21.3. The van der Waals surface area contributed by atoms with Crippen molar-refractivity contribution in [1.82, 2.24) is 4.31 Å². The molecule has 2 aliphatic rings. The number of fused-ring (bicyclic) bond motifs is 1. The normalized spacial score (nSPS) is 18.1. The standard InChI is InChI=1S/C26H34N4O5S/c1-5-29(6-2)20-9-10-21(17(3)12-20)28-26(32)19-8-7-11-30(15-19)36(33,34)24-14-23-22(13-18(24)4)27-25(31)16-35-23/h9-10,12-14,19H,5-8,11,15-16H2,1-4H3,(H,27,31)(H,28,32)/t19-/m1/s1. The van der Waals surface area contributed by atoms with E-state index < -0.39 is 15.9 Å². The number of carbonyl (C=O) groups is 2. The van der Waals surface area contributed by atoms with Gasteiger partial charge < -0.3 is 20.3 Å². The van der Waals surface area contributed by atoms with Crippen molar-refractivity contribution in [3.8, 4) is 5.75 Å². The van der Waals surface area contributed by atoms with E-state index in [2.05, 4.69) is 35.4 Å². The van der Waals surface area contributed by atoms with E-state index in [-0.39, 0.29) is 29.9 Å². The molecule has 1 atom stereocenters. The molecule has 0 unspecified atom stereocenters. The predicted octanol–water partition coefficient (Wildman–Crippen LogP) is 3.52. The van der Waals surface area contributed by atoms with Crippen LogP contribution in [0, 0.1) is 19.8 Å². The van der Waals surface area contributed by atoms with Gasteiger partial charge in [0.2, 0.25) is 15.9 Å². The largest absolute Gasteiger partial charge is 0.482 e. The number of benzene rings is 2. The molecule has 2 amide bonds. The molecule has 1 saturated heterocycles. The predicted molar refractivity (Wildman–Crippen MR) is 140 cm³/mol. The van der Waals surface area contributed by atoms with Crippen LogP contribution < -0.4 is 20.3 Å². The average Bonchev–Trinajstić information content (AvgIpc) is 2.85. The van der Waals surface area contributed by atoms with E-state index in [1.54, 1.807) is 13.0 Å². The van der Waals surface area contributed by atoms with Gasteiger partial charge in [0.25, 0.3) is 5.91 Å². The summed E-state index contributed by atoms with van der Waals surface area (Å²) < 4.78 is 33.9. The molecule has 10 heteroatoms. The highest BCUT2D eigenvalue weighted by Gasteiger charge is 2.35. The first kappa shape index (κ1) is 26.0. The van der Waals surface area contributed by atoms with Gasteiger partial charge in [0.15, 0.2) is 6.61 Å². The molecule has 4 rings (SSSR count). The quantitative estimate of drug-likeness (QED) is 0.585. The fourth-order valence-electron chi connectivity index (χ4n) is 4.82. The summed E-state index contributed by atoms with van der Waals surface area (Å²) in [6.45, 7) is 9.96. The van der Waals surface area contributed by atoms with Crippen LogP contribution in [0.5, 0.6) is 5.75 Å². The molecule has 194 valence electrons. The van der Waals surface area contributed by atoms with Gasteiger partial charge in [-0.25, -0.2) is 8.42 Å². The van der Waals surface area contributed by atoms with E-state index in [0.717, 1.165) is 30.0 Å². The number of hydrogen-bond acceptors (Lipinski definition) is 6. The Morgan fingerprint density at radius 3 is 2.61 bits per heavy atom. The number of piperidine rings is 1. The maximum Gasteiger partial charge on any atom is 0.262 e. The Labute approximate surface area is 212 Å². The Balaban J connectivity index is 1.49. The molecule has 2 heterocycles. The number of nitrogens with one attached hydrogen (secondary N) is 2. The van der Waals surface area contributed by atoms with Crippen molar-refractivity contribution in [2.45, 2.75) is 45.4 Å². The zero-order valence-corrected chi connectivity index (χ0v) is 22.1. The molecule has 2 aliphatic heterocycles. The number of nitrogens with zero attached hydrogens (tertiary/aromatic N) is 2. The lowest BCUT2D eigenvalue weighted by Gasteiger charge is -2.32. The molecular formula is C26H34N4O5S. The third-order valence-electron chi connectivity index (χ3n) is 6.88. The summed E-state index contributed by atoms with van der Waals surface area (Å²) in [5, 5.41) is 5.71. The lowest BCUT2D eigenvalue weighted by molar-refractivity contribution is -0.121. The van der Waals surface area contributed by atoms with Crippen molar-refractivity contribution in [3.05, 3.63) is 41.5 Å². The summed E-state index contributed by atoms with van der Waals surface area (Å²) in [4.78, 5) is 27.1. The topological polar surface area (TPSA) is 108 Å². The molecule has 2 N–H and O–H groups in total. The van der Waals surface area contributed by atoms with Crippen molar-refractivity contribution in [3.63, 3.8) is 0 Å². The lowest BCUT2D eigenvalue weighted by Crippen LogP contribution is -2.44. The fourth-order valence-corrected chi connectivity index (χ4v) is 6.56. The Morgan fingerprint density at radius 2 is 1.92 bits per heavy atom. The van der Waals surface area contributed by atoms with E-state index in [1.807, 2.05) is 19.1 Å². The van der Waals surface area contributed by atoms with Gasteiger partial charge in [-0.3, -0.25) is 9.59 Å². The van der Waals surface area contributed by atoms with E-state index in [9.17, 15) is 18.0 Å². The number of rotatable bonds is 7. The van der Waals surface area contributed by atoms with Gasteiger partial charge in [-0.2, -0.15) is 4.31 Å². The maximum absolute atomic E-state index is 13.5. The highest BCUT2D eigenvalue weighted by molar-refractivity contribution is 7.89. The van der Waals surface area contributed by atoms with Gasteiger partial charge >= 0.3 is 0 Å². The number of anilines is 3. The van der Waals surface area contributed by atoms with Crippen LogP contribution in [0.25, 0.3) is 0 Å². The molecule has 2 aromatic rings. The average molecular weight is 515 g/mol. The number of carbonyl (C=O) groups excluding carboxylic acids is 2. The van der Waals surface area contributed by atoms with Gasteiger partial charge in [-0.15, -0.1) is 0 Å². The van der Waals surface area contributed by atoms with Crippen molar-refractivity contribution < 1.29 is 22.7 Å². The number of sulfonamides is 1. The molecule has 0 spiro atoms. The molecule has 2 aromatic carbocycles. The number of hydrogen-bond donors (Lipinski definition) is 2. The summed E-state index contributed by atoms with van der Waals surface area (Å²) in [5.74, 6) is -0.584. The van der Waals surface area contributed by atoms with E-state index in [4.69, 9.17) is 4.74 Å². The molecule has 9 nitrogen and oxygen atoms in total. The van der Waals surface area contributed by atoms with Gasteiger partial charge in [0.05, 0.1) is 16.5 Å². The smallest absolute Gasteiger partial charge is 0.262 e. The molecule has 0 radical (unpaired) electrons. The molecule has 0 aromatic heterocycles. The third-order valence-corrected chi connectivity index (χ3v) is 8.89. The SMILES string of the molecule is CCN(CC)c1ccc(NC(=O)[C@@H]2CCCN(S(=O)(=O)c3cc4c(cc3C)NC(=O)CO4)C2)c(C)c1. The van der Waals surface area contributed by atoms with Crippen LogP contribution in [0.1, 0.15) is 37.8 Å². The second kappa shape index (κ2) is 10.5. The maximum atomic E-state index is 13.5. The monoisotopic (exact) mass is 514 g/mol. The molecular weight excluding hydrogens is 480 g/mol. The van der Waals surface area contributed by atoms with E-state index >= 15 is 0 Å². The molecule has 0 bridgehead atoms. The number of amides is 2. The Kier molecular flexibility index (Phi) is 7.56. The minimum absolute atomic E-state index is 0.110. The fraction of sp³-hybridized carbons (Fsp3) is 0.462. The van der Waals surface area contributed by atoms with Gasteiger partial charge in [-0.1, -0.05) is 0 Å². The Morgan fingerprint density at radius 1 is 1.17 bits per heavy atom. The molecule has 0 saturated carbocycles. The Bertz CT molecular complexity index is 1270. The first-order valence-corrected chi connectivity index (χ1v) is 13.8. The van der Waals surface area contributed by atoms with Crippen molar-refractivity contribution in [2.75, 3.05) is 48.3 Å². The second-order valence-electron chi connectivity index (χ2n) is 9.31.